The number of carbonyl (C=O) groups is 1. The van der Waals surface area contributed by atoms with Crippen molar-refractivity contribution < 1.29 is 4.79 Å². The molecule has 0 unspecified atom stereocenters. The number of anilines is 1. The quantitative estimate of drug-likeness (QED) is 0.926. The number of rotatable bonds is 2. The van der Waals surface area contributed by atoms with E-state index in [1.54, 1.807) is 24.5 Å². The van der Waals surface area contributed by atoms with Gasteiger partial charge in [-0.05, 0) is 46.6 Å². The maximum atomic E-state index is 11.9. The minimum Gasteiger partial charge on any atom is -0.290 e. The summed E-state index contributed by atoms with van der Waals surface area (Å²) in [5.74, 6) is 0.0630. The number of amides is 1. The van der Waals surface area contributed by atoms with Crippen LogP contribution >= 0.6 is 15.9 Å². The predicted molar refractivity (Wildman–Crippen MR) is 68.9 cm³/mol. The van der Waals surface area contributed by atoms with Crippen LogP contribution in [0.4, 0.5) is 5.95 Å². The van der Waals surface area contributed by atoms with Crippen molar-refractivity contribution in [1.29, 1.82) is 0 Å². The largest absolute Gasteiger partial charge is 0.290 e. The van der Waals surface area contributed by atoms with Gasteiger partial charge in [-0.3, -0.25) is 10.1 Å². The highest BCUT2D eigenvalue weighted by molar-refractivity contribution is 9.10. The molecule has 0 bridgehead atoms. The van der Waals surface area contributed by atoms with Crippen LogP contribution in [0.2, 0.25) is 0 Å². The Morgan fingerprint density at radius 3 is 2.65 bits per heavy atom. The van der Waals surface area contributed by atoms with Gasteiger partial charge in [0.2, 0.25) is 5.95 Å². The van der Waals surface area contributed by atoms with E-state index in [2.05, 4.69) is 31.2 Å². The van der Waals surface area contributed by atoms with E-state index in [0.717, 1.165) is 10.0 Å². The van der Waals surface area contributed by atoms with Gasteiger partial charge >= 0.3 is 0 Å². The summed E-state index contributed by atoms with van der Waals surface area (Å²) in [6.45, 7) is 1.97. The lowest BCUT2D eigenvalue weighted by Gasteiger charge is -2.05. The molecule has 0 saturated carbocycles. The number of carbonyl (C=O) groups excluding carboxylic acids is 1. The topological polar surface area (TPSA) is 54.9 Å². The Hall–Kier alpha value is -1.75. The number of aromatic nitrogens is 2. The van der Waals surface area contributed by atoms with Crippen LogP contribution in [0.5, 0.6) is 0 Å². The van der Waals surface area contributed by atoms with Gasteiger partial charge in [0.1, 0.15) is 0 Å². The van der Waals surface area contributed by atoms with Crippen molar-refractivity contribution in [2.45, 2.75) is 6.92 Å². The Bertz CT molecular complexity index is 543. The molecule has 0 aliphatic rings. The zero-order valence-corrected chi connectivity index (χ0v) is 10.7. The van der Waals surface area contributed by atoms with Gasteiger partial charge in [-0.1, -0.05) is 6.07 Å². The first kappa shape index (κ1) is 11.7. The van der Waals surface area contributed by atoms with Gasteiger partial charge in [0, 0.05) is 16.9 Å². The highest BCUT2D eigenvalue weighted by atomic mass is 79.9. The average Bonchev–Trinajstić information content (AvgIpc) is 2.30. The monoisotopic (exact) mass is 291 g/mol. The number of halogens is 1. The van der Waals surface area contributed by atoms with Crippen LogP contribution in [0.3, 0.4) is 0 Å². The number of nitrogens with zero attached hydrogens (tertiary/aromatic N) is 2. The predicted octanol–water partition coefficient (Wildman–Crippen LogP) is 2.80. The summed E-state index contributed by atoms with van der Waals surface area (Å²) in [5.41, 5.74) is 1.65. The summed E-state index contributed by atoms with van der Waals surface area (Å²) in [5, 5.41) is 2.63. The van der Waals surface area contributed by atoms with Crippen molar-refractivity contribution in [3.05, 3.63) is 52.3 Å². The molecule has 0 radical (unpaired) electrons. The molecule has 1 amide bonds. The van der Waals surface area contributed by atoms with Crippen molar-refractivity contribution in [2.75, 3.05) is 5.32 Å². The fourth-order valence-corrected chi connectivity index (χ4v) is 2.01. The molecule has 0 fully saturated rings. The van der Waals surface area contributed by atoms with Crippen LogP contribution in [0.15, 0.2) is 41.1 Å². The lowest BCUT2D eigenvalue weighted by atomic mass is 10.1. The van der Waals surface area contributed by atoms with Crippen LogP contribution in [-0.4, -0.2) is 15.9 Å². The molecule has 0 aliphatic carbocycles. The second-order valence-electron chi connectivity index (χ2n) is 3.51. The fraction of sp³-hybridized carbons (Fsp3) is 0.0833. The first-order valence-electron chi connectivity index (χ1n) is 5.01. The van der Waals surface area contributed by atoms with E-state index in [0.29, 0.717) is 11.5 Å². The number of nitrogens with one attached hydrogen (secondary N) is 1. The van der Waals surface area contributed by atoms with Gasteiger partial charge in [-0.2, -0.15) is 0 Å². The molecule has 5 heteroatoms. The molecule has 0 saturated heterocycles. The molecule has 0 spiro atoms. The SMILES string of the molecule is Cc1ccc(C(=O)Nc2ncccn2)c(Br)c1. The molecule has 1 heterocycles. The molecule has 4 nitrogen and oxygen atoms in total. The molecular weight excluding hydrogens is 282 g/mol. The van der Waals surface area contributed by atoms with Gasteiger partial charge in [0.05, 0.1) is 5.56 Å². The minimum absolute atomic E-state index is 0.233. The summed E-state index contributed by atoms with van der Waals surface area (Å²) < 4.78 is 0.755. The Balaban J connectivity index is 2.21. The van der Waals surface area contributed by atoms with E-state index in [9.17, 15) is 4.79 Å². The van der Waals surface area contributed by atoms with E-state index in [-0.39, 0.29) is 5.91 Å². The van der Waals surface area contributed by atoms with E-state index >= 15 is 0 Å². The van der Waals surface area contributed by atoms with E-state index in [4.69, 9.17) is 0 Å². The molecule has 17 heavy (non-hydrogen) atoms. The Morgan fingerprint density at radius 2 is 2.00 bits per heavy atom. The Labute approximate surface area is 107 Å². The van der Waals surface area contributed by atoms with E-state index in [1.807, 2.05) is 19.1 Å². The molecule has 86 valence electrons. The van der Waals surface area contributed by atoms with Crippen LogP contribution in [-0.2, 0) is 0 Å². The molecule has 1 N–H and O–H groups in total. The van der Waals surface area contributed by atoms with Gasteiger partial charge in [0.25, 0.3) is 5.91 Å². The Morgan fingerprint density at radius 1 is 1.29 bits per heavy atom. The highest BCUT2D eigenvalue weighted by Crippen LogP contribution is 2.19. The number of hydrogen-bond acceptors (Lipinski definition) is 3. The summed E-state index contributed by atoms with van der Waals surface area (Å²) in [4.78, 5) is 19.8. The number of benzene rings is 1. The maximum Gasteiger partial charge on any atom is 0.259 e. The number of hydrogen-bond donors (Lipinski definition) is 1. The Kier molecular flexibility index (Phi) is 3.49. The zero-order valence-electron chi connectivity index (χ0n) is 9.14. The summed E-state index contributed by atoms with van der Waals surface area (Å²) >= 11 is 3.36. The summed E-state index contributed by atoms with van der Waals surface area (Å²) in [7, 11) is 0. The van der Waals surface area contributed by atoms with Crippen molar-refractivity contribution >= 4 is 27.8 Å². The van der Waals surface area contributed by atoms with Crippen LogP contribution in [0.1, 0.15) is 15.9 Å². The maximum absolute atomic E-state index is 11.9. The van der Waals surface area contributed by atoms with Crippen LogP contribution < -0.4 is 5.32 Å². The van der Waals surface area contributed by atoms with E-state index in [1.165, 1.54) is 0 Å². The lowest BCUT2D eigenvalue weighted by molar-refractivity contribution is 0.102. The third-order valence-electron chi connectivity index (χ3n) is 2.16. The summed E-state index contributed by atoms with van der Waals surface area (Å²) in [6, 6.07) is 7.22. The van der Waals surface area contributed by atoms with Crippen molar-refractivity contribution in [3.8, 4) is 0 Å². The molecule has 1 aromatic heterocycles. The third-order valence-corrected chi connectivity index (χ3v) is 2.82. The zero-order chi connectivity index (χ0) is 12.3. The van der Waals surface area contributed by atoms with Crippen molar-refractivity contribution in [2.24, 2.45) is 0 Å². The lowest BCUT2D eigenvalue weighted by Crippen LogP contribution is -2.14. The normalized spacial score (nSPS) is 10.0. The van der Waals surface area contributed by atoms with Gasteiger partial charge in [-0.25, -0.2) is 9.97 Å². The van der Waals surface area contributed by atoms with Crippen molar-refractivity contribution in [1.82, 2.24) is 9.97 Å². The third kappa shape index (κ3) is 2.88. The van der Waals surface area contributed by atoms with Crippen LogP contribution in [0, 0.1) is 6.92 Å². The molecular formula is C12H10BrN3O. The fourth-order valence-electron chi connectivity index (χ4n) is 1.34. The molecule has 2 rings (SSSR count). The van der Waals surface area contributed by atoms with E-state index < -0.39 is 0 Å². The first-order chi connectivity index (χ1) is 8.16. The van der Waals surface area contributed by atoms with Gasteiger partial charge in [0.15, 0.2) is 0 Å². The molecule has 2 aromatic rings. The first-order valence-corrected chi connectivity index (χ1v) is 5.80. The van der Waals surface area contributed by atoms with Crippen LogP contribution in [0.25, 0.3) is 0 Å². The molecule has 0 atom stereocenters. The average molecular weight is 292 g/mol. The standard InChI is InChI=1S/C12H10BrN3O/c1-8-3-4-9(10(13)7-8)11(17)16-12-14-5-2-6-15-12/h2-7H,1H3,(H,14,15,16,17). The summed E-state index contributed by atoms with van der Waals surface area (Å²) in [6.07, 6.45) is 3.15. The second-order valence-corrected chi connectivity index (χ2v) is 4.36. The van der Waals surface area contributed by atoms with Crippen molar-refractivity contribution in [3.63, 3.8) is 0 Å². The smallest absolute Gasteiger partial charge is 0.259 e. The number of aryl methyl sites for hydroxylation is 1. The second kappa shape index (κ2) is 5.05. The van der Waals surface area contributed by atoms with Gasteiger partial charge in [-0.15, -0.1) is 0 Å². The molecule has 1 aromatic carbocycles. The highest BCUT2D eigenvalue weighted by Gasteiger charge is 2.10. The minimum atomic E-state index is -0.233. The molecule has 0 aliphatic heterocycles. The van der Waals surface area contributed by atoms with Gasteiger partial charge < -0.3 is 0 Å².